The molecule has 12 heteroatoms. The monoisotopic (exact) mass is 522 g/mol. The van der Waals surface area contributed by atoms with Crippen LogP contribution in [-0.4, -0.2) is 61.6 Å². The molecule has 0 aliphatic carbocycles. The molecule has 0 unspecified atom stereocenters. The van der Waals surface area contributed by atoms with Crippen LogP contribution >= 0.6 is 0 Å². The number of nitrogens with two attached hydrogens (primary N) is 1. The van der Waals surface area contributed by atoms with Crippen molar-refractivity contribution in [2.24, 2.45) is 5.73 Å². The summed E-state index contributed by atoms with van der Waals surface area (Å²) in [6.45, 7) is 22.2. The Morgan fingerprint density at radius 3 is 2.03 bits per heavy atom. The maximum Gasteiger partial charge on any atom is 0.292 e. The zero-order valence-corrected chi connectivity index (χ0v) is 24.7. The van der Waals surface area contributed by atoms with E-state index in [1.54, 1.807) is 0 Å². The SMILES string of the molecule is CC(=O)N[C@H]1O[C@H](CO[Si](C)(C)C(C)(C)C)[C@@]2(OS(=O)(=O)C=C2N)[C@H]1O[Si](C)(C)C(C)(C)C. The van der Waals surface area contributed by atoms with Gasteiger partial charge in [0.25, 0.3) is 10.1 Å². The maximum absolute atomic E-state index is 12.5. The second-order valence-corrected chi connectivity index (χ2v) is 23.0. The number of nitrogens with one attached hydrogen (secondary N) is 1. The number of rotatable bonds is 6. The summed E-state index contributed by atoms with van der Waals surface area (Å²) in [6, 6.07) is 0. The normalized spacial score (nSPS) is 30.5. The van der Waals surface area contributed by atoms with Gasteiger partial charge in [-0.05, 0) is 36.3 Å². The summed E-state index contributed by atoms with van der Waals surface area (Å²) in [4.78, 5) is 12.0. The van der Waals surface area contributed by atoms with Crippen LogP contribution in [0.15, 0.2) is 11.1 Å². The van der Waals surface area contributed by atoms with Crippen LogP contribution in [-0.2, 0) is 32.7 Å². The molecule has 192 valence electrons. The summed E-state index contributed by atoms with van der Waals surface area (Å²) >= 11 is 0. The highest BCUT2D eigenvalue weighted by atomic mass is 32.2. The molecule has 9 nitrogen and oxygen atoms in total. The third-order valence-electron chi connectivity index (χ3n) is 7.44. The smallest absolute Gasteiger partial charge is 0.292 e. The van der Waals surface area contributed by atoms with Crippen molar-refractivity contribution in [2.45, 2.75) is 109 Å². The van der Waals surface area contributed by atoms with Crippen molar-refractivity contribution in [2.75, 3.05) is 6.61 Å². The fourth-order valence-electron chi connectivity index (χ4n) is 3.34. The van der Waals surface area contributed by atoms with Gasteiger partial charge in [-0.25, -0.2) is 4.18 Å². The highest BCUT2D eigenvalue weighted by molar-refractivity contribution is 7.90. The first kappa shape index (κ1) is 28.5. The zero-order chi connectivity index (χ0) is 25.8. The Morgan fingerprint density at radius 1 is 1.12 bits per heavy atom. The topological polar surface area (TPSA) is 126 Å². The quantitative estimate of drug-likeness (QED) is 0.402. The third-order valence-corrected chi connectivity index (χ3v) is 17.4. The second kappa shape index (κ2) is 8.72. The average molecular weight is 523 g/mol. The van der Waals surface area contributed by atoms with Crippen molar-refractivity contribution in [3.8, 4) is 0 Å². The number of hydrogen-bond acceptors (Lipinski definition) is 8. The van der Waals surface area contributed by atoms with E-state index in [1.165, 1.54) is 6.92 Å². The number of carbonyl (C=O) groups is 1. The molecule has 2 heterocycles. The van der Waals surface area contributed by atoms with Gasteiger partial charge in [0.15, 0.2) is 28.5 Å². The number of hydrogen-bond donors (Lipinski definition) is 2. The van der Waals surface area contributed by atoms with E-state index in [4.69, 9.17) is 23.5 Å². The largest absolute Gasteiger partial charge is 0.414 e. The van der Waals surface area contributed by atoms with Gasteiger partial charge in [-0.1, -0.05) is 41.5 Å². The number of carbonyl (C=O) groups excluding carboxylic acids is 1. The van der Waals surface area contributed by atoms with Gasteiger partial charge in [-0.2, -0.15) is 8.42 Å². The molecule has 1 spiro atoms. The van der Waals surface area contributed by atoms with Crippen molar-refractivity contribution in [1.29, 1.82) is 0 Å². The molecule has 2 aliphatic rings. The molecule has 33 heavy (non-hydrogen) atoms. The van der Waals surface area contributed by atoms with Crippen LogP contribution in [0.25, 0.3) is 0 Å². The summed E-state index contributed by atoms with van der Waals surface area (Å²) in [6.07, 6.45) is -2.82. The third kappa shape index (κ3) is 5.57. The molecule has 0 aromatic heterocycles. The molecule has 1 saturated heterocycles. The number of amides is 1. The molecule has 0 aromatic carbocycles. The predicted molar refractivity (Wildman–Crippen MR) is 133 cm³/mol. The summed E-state index contributed by atoms with van der Waals surface area (Å²) in [5.41, 5.74) is 4.69. The maximum atomic E-state index is 12.5. The van der Waals surface area contributed by atoms with Crippen molar-refractivity contribution >= 4 is 32.7 Å². The highest BCUT2D eigenvalue weighted by Crippen LogP contribution is 2.49. The summed E-state index contributed by atoms with van der Waals surface area (Å²) in [7, 11) is -8.75. The lowest BCUT2D eigenvalue weighted by Gasteiger charge is -2.43. The van der Waals surface area contributed by atoms with Gasteiger partial charge in [-0.3, -0.25) is 4.79 Å². The Labute approximate surface area is 201 Å². The summed E-state index contributed by atoms with van der Waals surface area (Å²) in [5.74, 6) is -0.339. The van der Waals surface area contributed by atoms with Gasteiger partial charge in [0, 0.05) is 6.92 Å². The van der Waals surface area contributed by atoms with E-state index in [0.717, 1.165) is 5.41 Å². The minimum Gasteiger partial charge on any atom is -0.414 e. The summed E-state index contributed by atoms with van der Waals surface area (Å²) < 4.78 is 50.0. The first-order chi connectivity index (χ1) is 14.6. The lowest BCUT2D eigenvalue weighted by atomic mass is 9.89. The van der Waals surface area contributed by atoms with Crippen molar-refractivity contribution in [3.63, 3.8) is 0 Å². The molecule has 3 N–H and O–H groups in total. The van der Waals surface area contributed by atoms with Crippen molar-refractivity contribution in [3.05, 3.63) is 11.1 Å². The van der Waals surface area contributed by atoms with E-state index in [9.17, 15) is 13.2 Å². The minimum atomic E-state index is -4.07. The molecule has 0 saturated carbocycles. The Kier molecular flexibility index (Phi) is 7.52. The molecule has 2 aliphatic heterocycles. The first-order valence-electron chi connectivity index (χ1n) is 11.2. The van der Waals surface area contributed by atoms with Crippen LogP contribution in [0.1, 0.15) is 48.5 Å². The highest BCUT2D eigenvalue weighted by Gasteiger charge is 2.67. The molecule has 0 bridgehead atoms. The van der Waals surface area contributed by atoms with Crippen LogP contribution in [0.5, 0.6) is 0 Å². The van der Waals surface area contributed by atoms with Crippen LogP contribution in [0, 0.1) is 0 Å². The second-order valence-electron chi connectivity index (χ2n) is 12.1. The molecular weight excluding hydrogens is 480 g/mol. The average Bonchev–Trinajstić information content (AvgIpc) is 2.97. The Bertz CT molecular complexity index is 907. The first-order valence-corrected chi connectivity index (χ1v) is 18.5. The van der Waals surface area contributed by atoms with Crippen molar-refractivity contribution in [1.82, 2.24) is 5.32 Å². The van der Waals surface area contributed by atoms with E-state index in [0.29, 0.717) is 0 Å². The Balaban J connectivity index is 2.56. The molecule has 1 amide bonds. The van der Waals surface area contributed by atoms with Gasteiger partial charge < -0.3 is 24.6 Å². The lowest BCUT2D eigenvalue weighted by Crippen LogP contribution is -2.61. The van der Waals surface area contributed by atoms with Gasteiger partial charge in [0.2, 0.25) is 5.91 Å². The standard InChI is InChI=1S/C21H42N2O7SSi2/c1-14(24)23-18-17(29-33(10,11)20(5,6)7)21(15(22)13-31(25,26)30-21)16(28-18)12-27-32(8,9)19(2,3)4/h13,16-18H,12,22H2,1-11H3,(H,23,24)/t16-,17+,18+,21-/m1/s1. The van der Waals surface area contributed by atoms with Crippen LogP contribution in [0.3, 0.4) is 0 Å². The van der Waals surface area contributed by atoms with Gasteiger partial charge in [-0.15, -0.1) is 0 Å². The lowest BCUT2D eigenvalue weighted by molar-refractivity contribution is -0.125. The van der Waals surface area contributed by atoms with E-state index < -0.39 is 50.8 Å². The van der Waals surface area contributed by atoms with Crippen molar-refractivity contribution < 1.29 is 31.0 Å². The van der Waals surface area contributed by atoms with E-state index in [2.05, 4.69) is 60.0 Å². The predicted octanol–water partition coefficient (Wildman–Crippen LogP) is 3.16. The molecule has 4 atom stereocenters. The molecule has 0 aromatic rings. The summed E-state index contributed by atoms with van der Waals surface area (Å²) in [5, 5.41) is 3.40. The number of ether oxygens (including phenoxy) is 1. The minimum absolute atomic E-state index is 0.0112. The van der Waals surface area contributed by atoms with E-state index in [-0.39, 0.29) is 28.3 Å². The van der Waals surface area contributed by atoms with Crippen LogP contribution in [0.2, 0.25) is 36.3 Å². The zero-order valence-electron chi connectivity index (χ0n) is 21.9. The van der Waals surface area contributed by atoms with E-state index in [1.807, 2.05) is 13.1 Å². The van der Waals surface area contributed by atoms with Crippen LogP contribution in [0.4, 0.5) is 0 Å². The Morgan fingerprint density at radius 2 is 1.64 bits per heavy atom. The fraction of sp³-hybridized carbons (Fsp3) is 0.857. The molecular formula is C21H42N2O7SSi2. The van der Waals surface area contributed by atoms with Gasteiger partial charge >= 0.3 is 0 Å². The fourth-order valence-corrected chi connectivity index (χ4v) is 6.85. The molecule has 2 rings (SSSR count). The van der Waals surface area contributed by atoms with Gasteiger partial charge in [0.1, 0.15) is 12.2 Å². The Hall–Kier alpha value is -0.766. The van der Waals surface area contributed by atoms with E-state index >= 15 is 0 Å². The van der Waals surface area contributed by atoms with Gasteiger partial charge in [0.05, 0.1) is 17.7 Å². The molecule has 0 radical (unpaired) electrons. The molecule has 1 fully saturated rings. The van der Waals surface area contributed by atoms with Crippen LogP contribution < -0.4 is 11.1 Å².